The standard InChI is InChI=1S/C14H12N2O2S/c17-19(18,9-5-13-3-1-7-15-11-13)10-6-14-4-2-8-16-12-14/h1-12H/b9-5-,10-6+. The Hall–Kier alpha value is -2.27. The minimum absolute atomic E-state index is 0.737. The van der Waals surface area contributed by atoms with Crippen LogP contribution in [0.1, 0.15) is 11.1 Å². The molecule has 0 bridgehead atoms. The second-order valence-electron chi connectivity index (χ2n) is 3.77. The molecule has 2 rings (SSSR count). The van der Waals surface area contributed by atoms with Gasteiger partial charge in [0.15, 0.2) is 9.84 Å². The number of hydrogen-bond donors (Lipinski definition) is 0. The van der Waals surface area contributed by atoms with Gasteiger partial charge in [-0.1, -0.05) is 12.1 Å². The summed E-state index contributed by atoms with van der Waals surface area (Å²) in [4.78, 5) is 7.81. The highest BCUT2D eigenvalue weighted by Gasteiger charge is 1.99. The Morgan fingerprint density at radius 3 is 1.68 bits per heavy atom. The largest absolute Gasteiger partial charge is 0.264 e. The number of rotatable bonds is 4. The van der Waals surface area contributed by atoms with Gasteiger partial charge in [-0.15, -0.1) is 0 Å². The lowest BCUT2D eigenvalue weighted by Crippen LogP contribution is -1.88. The number of sulfone groups is 1. The molecule has 5 heteroatoms. The number of nitrogens with zero attached hydrogens (tertiary/aromatic N) is 2. The molecule has 0 atom stereocenters. The van der Waals surface area contributed by atoms with E-state index in [-0.39, 0.29) is 0 Å². The molecule has 96 valence electrons. The molecule has 2 aromatic heterocycles. The Balaban J connectivity index is 2.12. The molecule has 0 aliphatic heterocycles. The van der Waals surface area contributed by atoms with E-state index in [2.05, 4.69) is 9.97 Å². The molecule has 0 N–H and O–H groups in total. The van der Waals surface area contributed by atoms with Crippen molar-refractivity contribution in [3.63, 3.8) is 0 Å². The average molecular weight is 272 g/mol. The van der Waals surface area contributed by atoms with Gasteiger partial charge in [0.1, 0.15) is 0 Å². The Morgan fingerprint density at radius 1 is 0.842 bits per heavy atom. The van der Waals surface area contributed by atoms with Crippen molar-refractivity contribution in [1.29, 1.82) is 0 Å². The lowest BCUT2D eigenvalue weighted by molar-refractivity contribution is 0.613. The lowest BCUT2D eigenvalue weighted by atomic mass is 10.3. The molecule has 0 amide bonds. The molecule has 0 aromatic carbocycles. The summed E-state index contributed by atoms with van der Waals surface area (Å²) >= 11 is 0. The Morgan fingerprint density at radius 2 is 1.32 bits per heavy atom. The maximum atomic E-state index is 11.8. The molecule has 4 nitrogen and oxygen atoms in total. The van der Waals surface area contributed by atoms with E-state index in [1.807, 2.05) is 0 Å². The van der Waals surface area contributed by atoms with Crippen LogP contribution in [0.2, 0.25) is 0 Å². The molecule has 2 heterocycles. The van der Waals surface area contributed by atoms with Gasteiger partial charge in [0.05, 0.1) is 0 Å². The summed E-state index contributed by atoms with van der Waals surface area (Å²) in [5.41, 5.74) is 1.47. The second-order valence-corrected chi connectivity index (χ2v) is 5.49. The first kappa shape index (κ1) is 13.2. The summed E-state index contributed by atoms with van der Waals surface area (Å²) in [6, 6.07) is 7.06. The molecule has 0 saturated carbocycles. The minimum Gasteiger partial charge on any atom is -0.264 e. The maximum Gasteiger partial charge on any atom is 0.193 e. The summed E-state index contributed by atoms with van der Waals surface area (Å²) < 4.78 is 23.5. The van der Waals surface area contributed by atoms with E-state index in [0.29, 0.717) is 0 Å². The topological polar surface area (TPSA) is 59.9 Å². The predicted octanol–water partition coefficient (Wildman–Crippen LogP) is 2.53. The van der Waals surface area contributed by atoms with Gasteiger partial charge >= 0.3 is 0 Å². The van der Waals surface area contributed by atoms with Crippen molar-refractivity contribution in [2.24, 2.45) is 0 Å². The first-order valence-electron chi connectivity index (χ1n) is 5.57. The second kappa shape index (κ2) is 6.06. The molecule has 2 aromatic rings. The fourth-order valence-corrected chi connectivity index (χ4v) is 2.13. The quantitative estimate of drug-likeness (QED) is 0.858. The van der Waals surface area contributed by atoms with Crippen LogP contribution in [0, 0.1) is 0 Å². The number of aromatic nitrogens is 2. The summed E-state index contributed by atoms with van der Waals surface area (Å²) in [6.45, 7) is 0. The monoisotopic (exact) mass is 272 g/mol. The van der Waals surface area contributed by atoms with Crippen molar-refractivity contribution in [3.05, 3.63) is 71.0 Å². The molecule has 0 unspecified atom stereocenters. The van der Waals surface area contributed by atoms with E-state index in [0.717, 1.165) is 21.9 Å². The van der Waals surface area contributed by atoms with Crippen LogP contribution in [-0.2, 0) is 9.84 Å². The van der Waals surface area contributed by atoms with Crippen LogP contribution in [0.25, 0.3) is 12.2 Å². The van der Waals surface area contributed by atoms with Crippen LogP contribution in [0.3, 0.4) is 0 Å². The molecule has 0 aliphatic carbocycles. The first-order chi connectivity index (χ1) is 9.16. The molecular formula is C14H12N2O2S. The molecule has 0 fully saturated rings. The van der Waals surface area contributed by atoms with E-state index in [1.165, 1.54) is 12.2 Å². The zero-order valence-corrected chi connectivity index (χ0v) is 10.9. The molecule has 0 aliphatic rings. The van der Waals surface area contributed by atoms with Crippen LogP contribution < -0.4 is 0 Å². The van der Waals surface area contributed by atoms with Gasteiger partial charge in [0.2, 0.25) is 0 Å². The van der Waals surface area contributed by atoms with Crippen molar-refractivity contribution in [2.75, 3.05) is 0 Å². The van der Waals surface area contributed by atoms with E-state index in [9.17, 15) is 8.42 Å². The molecule has 0 radical (unpaired) electrons. The third-order valence-corrected chi connectivity index (χ3v) is 3.30. The first-order valence-corrected chi connectivity index (χ1v) is 7.18. The van der Waals surface area contributed by atoms with E-state index in [4.69, 9.17) is 0 Å². The van der Waals surface area contributed by atoms with Crippen molar-refractivity contribution in [3.8, 4) is 0 Å². The summed E-state index contributed by atoms with van der Waals surface area (Å²) in [7, 11) is -3.39. The molecular weight excluding hydrogens is 260 g/mol. The Bertz CT molecular complexity index is 622. The fourth-order valence-electron chi connectivity index (χ4n) is 1.34. The Labute approximate surface area is 112 Å². The van der Waals surface area contributed by atoms with Gasteiger partial charge in [-0.2, -0.15) is 0 Å². The highest BCUT2D eigenvalue weighted by atomic mass is 32.2. The van der Waals surface area contributed by atoms with Crippen molar-refractivity contribution < 1.29 is 8.42 Å². The molecule has 0 spiro atoms. The highest BCUT2D eigenvalue weighted by Crippen LogP contribution is 2.06. The normalized spacial score (nSPS) is 12.2. The number of hydrogen-bond acceptors (Lipinski definition) is 4. The molecule has 19 heavy (non-hydrogen) atoms. The molecule has 0 saturated heterocycles. The van der Waals surface area contributed by atoms with Gasteiger partial charge < -0.3 is 0 Å². The van der Waals surface area contributed by atoms with E-state index >= 15 is 0 Å². The minimum atomic E-state index is -3.39. The smallest absolute Gasteiger partial charge is 0.193 e. The van der Waals surface area contributed by atoms with Crippen molar-refractivity contribution in [1.82, 2.24) is 9.97 Å². The van der Waals surface area contributed by atoms with Crippen LogP contribution in [0.4, 0.5) is 0 Å². The summed E-state index contributed by atoms with van der Waals surface area (Å²) in [6.07, 6.45) is 9.47. The fraction of sp³-hybridized carbons (Fsp3) is 0. The van der Waals surface area contributed by atoms with Gasteiger partial charge in [0, 0.05) is 35.6 Å². The van der Waals surface area contributed by atoms with Crippen LogP contribution in [0.5, 0.6) is 0 Å². The zero-order valence-electron chi connectivity index (χ0n) is 10.0. The number of pyridine rings is 2. The van der Waals surface area contributed by atoms with Gasteiger partial charge in [-0.3, -0.25) is 9.97 Å². The third-order valence-electron chi connectivity index (χ3n) is 2.27. The van der Waals surface area contributed by atoms with Crippen molar-refractivity contribution in [2.45, 2.75) is 0 Å². The third kappa shape index (κ3) is 4.48. The lowest BCUT2D eigenvalue weighted by Gasteiger charge is -1.92. The maximum absolute atomic E-state index is 11.8. The van der Waals surface area contributed by atoms with Crippen LogP contribution in [-0.4, -0.2) is 18.4 Å². The summed E-state index contributed by atoms with van der Waals surface area (Å²) in [5, 5.41) is 2.30. The van der Waals surface area contributed by atoms with Crippen LogP contribution in [0.15, 0.2) is 59.9 Å². The van der Waals surface area contributed by atoms with Gasteiger partial charge in [-0.25, -0.2) is 8.42 Å². The summed E-state index contributed by atoms with van der Waals surface area (Å²) in [5.74, 6) is 0. The Kier molecular flexibility index (Phi) is 4.20. The zero-order chi connectivity index (χ0) is 13.6. The van der Waals surface area contributed by atoms with Gasteiger partial charge in [0.25, 0.3) is 0 Å². The van der Waals surface area contributed by atoms with E-state index in [1.54, 1.807) is 49.1 Å². The van der Waals surface area contributed by atoms with E-state index < -0.39 is 9.84 Å². The average Bonchev–Trinajstić information content (AvgIpc) is 2.46. The highest BCUT2D eigenvalue weighted by molar-refractivity contribution is 7.97. The van der Waals surface area contributed by atoms with Gasteiger partial charge in [-0.05, 0) is 35.4 Å². The predicted molar refractivity (Wildman–Crippen MR) is 75.5 cm³/mol. The SMILES string of the molecule is O=S(=O)(/C=C\c1cccnc1)/C=C/c1cccnc1. The van der Waals surface area contributed by atoms with Crippen LogP contribution >= 0.6 is 0 Å². The van der Waals surface area contributed by atoms with Crippen molar-refractivity contribution >= 4 is 22.0 Å².